The van der Waals surface area contributed by atoms with Gasteiger partial charge in [0.15, 0.2) is 0 Å². The van der Waals surface area contributed by atoms with Gasteiger partial charge in [0.05, 0.1) is 24.2 Å². The van der Waals surface area contributed by atoms with Crippen molar-refractivity contribution < 1.29 is 14.3 Å². The van der Waals surface area contributed by atoms with Crippen LogP contribution in [0.5, 0.6) is 0 Å². The first-order chi connectivity index (χ1) is 13.0. The maximum atomic E-state index is 12.6. The van der Waals surface area contributed by atoms with E-state index in [1.165, 1.54) is 23.8 Å². The quantitative estimate of drug-likeness (QED) is 0.441. The van der Waals surface area contributed by atoms with Crippen molar-refractivity contribution in [3.63, 3.8) is 0 Å². The zero-order valence-electron chi connectivity index (χ0n) is 14.3. The molecule has 0 aromatic heterocycles. The Hall–Kier alpha value is -2.35. The lowest BCUT2D eigenvalue weighted by Gasteiger charge is -2.16. The van der Waals surface area contributed by atoms with Gasteiger partial charge < -0.3 is 10.1 Å². The molecule has 0 spiro atoms. The Morgan fingerprint density at radius 2 is 1.96 bits per heavy atom. The number of hydrogen-bond donors (Lipinski definition) is 1. The van der Waals surface area contributed by atoms with Gasteiger partial charge in [0.2, 0.25) is 0 Å². The first-order valence-electron chi connectivity index (χ1n) is 7.92. The van der Waals surface area contributed by atoms with E-state index in [4.69, 9.17) is 23.8 Å². The van der Waals surface area contributed by atoms with Crippen LogP contribution in [-0.4, -0.2) is 34.9 Å². The third kappa shape index (κ3) is 4.50. The summed E-state index contributed by atoms with van der Waals surface area (Å²) in [5.74, 6) is -0.577. The van der Waals surface area contributed by atoms with Crippen molar-refractivity contribution in [2.24, 2.45) is 0 Å². The van der Waals surface area contributed by atoms with Gasteiger partial charge in [0, 0.05) is 10.7 Å². The van der Waals surface area contributed by atoms with Crippen LogP contribution in [0.4, 0.5) is 5.69 Å². The zero-order chi connectivity index (χ0) is 19.4. The van der Waals surface area contributed by atoms with Gasteiger partial charge in [-0.1, -0.05) is 53.8 Å². The molecule has 0 bridgehead atoms. The van der Waals surface area contributed by atoms with Gasteiger partial charge in [-0.15, -0.1) is 0 Å². The Bertz CT molecular complexity index is 929. The van der Waals surface area contributed by atoms with Crippen LogP contribution in [0, 0.1) is 0 Å². The number of nitrogens with one attached hydrogen (secondary N) is 1. The van der Waals surface area contributed by atoms with Crippen molar-refractivity contribution in [3.05, 3.63) is 69.6 Å². The van der Waals surface area contributed by atoms with E-state index in [2.05, 4.69) is 10.1 Å². The lowest BCUT2D eigenvalue weighted by molar-refractivity contribution is -0.121. The molecule has 1 saturated heterocycles. The Balaban J connectivity index is 1.67. The number of esters is 1. The van der Waals surface area contributed by atoms with Crippen molar-refractivity contribution >= 4 is 63.5 Å². The van der Waals surface area contributed by atoms with E-state index in [0.29, 0.717) is 19.8 Å². The van der Waals surface area contributed by atoms with E-state index < -0.39 is 5.97 Å². The standard InChI is InChI=1S/C19H15ClN2O3S2/c1-25-18(24)12-6-8-14(9-7-12)21-11-22-17(23)16(27-19(22)26)10-13-4-2-3-5-15(13)20/h2-10,21H,11H2,1H3/b16-10-. The van der Waals surface area contributed by atoms with Crippen LogP contribution < -0.4 is 5.32 Å². The lowest BCUT2D eigenvalue weighted by Crippen LogP contribution is -2.33. The maximum Gasteiger partial charge on any atom is 0.337 e. The molecule has 2 aromatic rings. The summed E-state index contributed by atoms with van der Waals surface area (Å²) in [4.78, 5) is 26.1. The number of benzene rings is 2. The molecule has 3 rings (SSSR count). The number of ether oxygens (including phenoxy) is 1. The van der Waals surface area contributed by atoms with Gasteiger partial charge in [-0.3, -0.25) is 9.69 Å². The molecule has 1 amide bonds. The minimum Gasteiger partial charge on any atom is -0.465 e. The molecule has 8 heteroatoms. The molecule has 5 nitrogen and oxygen atoms in total. The number of rotatable bonds is 5. The Morgan fingerprint density at radius 1 is 1.26 bits per heavy atom. The molecule has 138 valence electrons. The third-order valence-electron chi connectivity index (χ3n) is 3.81. The molecule has 0 unspecified atom stereocenters. The predicted octanol–water partition coefficient (Wildman–Crippen LogP) is 4.40. The summed E-state index contributed by atoms with van der Waals surface area (Å²) >= 11 is 12.7. The van der Waals surface area contributed by atoms with Crippen molar-refractivity contribution in [2.45, 2.75) is 0 Å². The molecule has 0 atom stereocenters. The summed E-state index contributed by atoms with van der Waals surface area (Å²) < 4.78 is 5.14. The van der Waals surface area contributed by atoms with Crippen molar-refractivity contribution in [3.8, 4) is 0 Å². The molecule has 1 aliphatic rings. The zero-order valence-corrected chi connectivity index (χ0v) is 16.7. The SMILES string of the molecule is COC(=O)c1ccc(NCN2C(=O)/C(=C/c3ccccc3Cl)SC2=S)cc1. The van der Waals surface area contributed by atoms with Gasteiger partial charge in [-0.25, -0.2) is 4.79 Å². The molecular formula is C19H15ClN2O3S2. The molecule has 27 heavy (non-hydrogen) atoms. The number of thiocarbonyl (C=S) groups is 1. The highest BCUT2D eigenvalue weighted by Crippen LogP contribution is 2.33. The van der Waals surface area contributed by atoms with Crippen molar-refractivity contribution in [2.75, 3.05) is 19.1 Å². The fraction of sp³-hybridized carbons (Fsp3) is 0.105. The number of thioether (sulfide) groups is 1. The number of carbonyl (C=O) groups excluding carboxylic acids is 2. The summed E-state index contributed by atoms with van der Waals surface area (Å²) in [7, 11) is 1.33. The highest BCUT2D eigenvalue weighted by atomic mass is 35.5. The van der Waals surface area contributed by atoms with Gasteiger partial charge >= 0.3 is 5.97 Å². The van der Waals surface area contributed by atoms with Crippen LogP contribution in [0.25, 0.3) is 6.08 Å². The summed E-state index contributed by atoms with van der Waals surface area (Å²) in [5, 5.41) is 3.70. The average Bonchev–Trinajstić information content (AvgIpc) is 2.94. The van der Waals surface area contributed by atoms with Gasteiger partial charge in [0.1, 0.15) is 4.32 Å². The highest BCUT2D eigenvalue weighted by molar-refractivity contribution is 8.26. The summed E-state index contributed by atoms with van der Waals surface area (Å²) in [6, 6.07) is 14.1. The van der Waals surface area contributed by atoms with E-state index in [1.54, 1.807) is 36.4 Å². The smallest absolute Gasteiger partial charge is 0.337 e. The summed E-state index contributed by atoms with van der Waals surface area (Å²) in [6.45, 7) is 0.224. The molecule has 1 heterocycles. The second-order valence-electron chi connectivity index (χ2n) is 5.54. The summed E-state index contributed by atoms with van der Waals surface area (Å²) in [6.07, 6.45) is 1.74. The van der Waals surface area contributed by atoms with Crippen LogP contribution in [0.3, 0.4) is 0 Å². The molecule has 0 saturated carbocycles. The average molecular weight is 419 g/mol. The highest BCUT2D eigenvalue weighted by Gasteiger charge is 2.31. The Morgan fingerprint density at radius 3 is 2.63 bits per heavy atom. The fourth-order valence-corrected chi connectivity index (χ4v) is 3.82. The fourth-order valence-electron chi connectivity index (χ4n) is 2.38. The maximum absolute atomic E-state index is 12.6. The number of amides is 1. The molecule has 1 N–H and O–H groups in total. The van der Waals surface area contributed by atoms with Crippen molar-refractivity contribution in [1.82, 2.24) is 4.90 Å². The first kappa shape index (κ1) is 19.4. The lowest BCUT2D eigenvalue weighted by atomic mass is 10.2. The summed E-state index contributed by atoms with van der Waals surface area (Å²) in [5.41, 5.74) is 1.98. The Kier molecular flexibility index (Phi) is 6.15. The number of nitrogens with zero attached hydrogens (tertiary/aromatic N) is 1. The number of anilines is 1. The normalized spacial score (nSPS) is 15.3. The topological polar surface area (TPSA) is 58.6 Å². The van der Waals surface area contributed by atoms with Gasteiger partial charge in [-0.2, -0.15) is 0 Å². The van der Waals surface area contributed by atoms with E-state index in [-0.39, 0.29) is 12.6 Å². The van der Waals surface area contributed by atoms with E-state index in [9.17, 15) is 9.59 Å². The minimum atomic E-state index is -0.400. The molecule has 1 aliphatic heterocycles. The number of carbonyl (C=O) groups is 2. The Labute approximate surface area is 171 Å². The molecule has 0 aliphatic carbocycles. The third-order valence-corrected chi connectivity index (χ3v) is 5.53. The van der Waals surface area contributed by atoms with Crippen LogP contribution in [0.15, 0.2) is 53.4 Å². The predicted molar refractivity (Wildman–Crippen MR) is 113 cm³/mol. The van der Waals surface area contributed by atoms with Crippen LogP contribution in [-0.2, 0) is 9.53 Å². The first-order valence-corrected chi connectivity index (χ1v) is 9.52. The number of hydrogen-bond acceptors (Lipinski definition) is 6. The molecule has 0 radical (unpaired) electrons. The van der Waals surface area contributed by atoms with Crippen LogP contribution in [0.1, 0.15) is 15.9 Å². The molecule has 2 aromatic carbocycles. The van der Waals surface area contributed by atoms with Crippen LogP contribution in [0.2, 0.25) is 5.02 Å². The number of halogens is 1. The minimum absolute atomic E-state index is 0.177. The van der Waals surface area contributed by atoms with Gasteiger partial charge in [-0.05, 0) is 42.0 Å². The van der Waals surface area contributed by atoms with E-state index >= 15 is 0 Å². The van der Waals surface area contributed by atoms with E-state index in [0.717, 1.165) is 11.3 Å². The number of methoxy groups -OCH3 is 1. The van der Waals surface area contributed by atoms with Gasteiger partial charge in [0.25, 0.3) is 5.91 Å². The second-order valence-corrected chi connectivity index (χ2v) is 7.62. The van der Waals surface area contributed by atoms with Crippen molar-refractivity contribution in [1.29, 1.82) is 0 Å². The van der Waals surface area contributed by atoms with Crippen LogP contribution >= 0.6 is 35.6 Å². The largest absolute Gasteiger partial charge is 0.465 e. The molecule has 1 fully saturated rings. The second kappa shape index (κ2) is 8.56. The molecular weight excluding hydrogens is 404 g/mol. The monoisotopic (exact) mass is 418 g/mol. The van der Waals surface area contributed by atoms with E-state index in [1.807, 2.05) is 18.2 Å².